The highest BCUT2D eigenvalue weighted by Crippen LogP contribution is 2.27. The predicted octanol–water partition coefficient (Wildman–Crippen LogP) is 2.98. The number of aryl methyl sites for hydroxylation is 1. The Bertz CT molecular complexity index is 815. The number of nitrogens with zero attached hydrogens (tertiary/aromatic N) is 5. The van der Waals surface area contributed by atoms with Crippen molar-refractivity contribution >= 4 is 22.5 Å². The Morgan fingerprint density at radius 1 is 1.17 bits per heavy atom. The van der Waals surface area contributed by atoms with Gasteiger partial charge in [0.1, 0.15) is 5.82 Å². The molecule has 1 aliphatic carbocycles. The van der Waals surface area contributed by atoms with Crippen LogP contribution in [0.3, 0.4) is 0 Å². The molecule has 4 rings (SSSR count). The minimum absolute atomic E-state index is 0.333. The first-order valence-corrected chi connectivity index (χ1v) is 8.07. The number of ether oxygens (including phenoxy) is 1. The van der Waals surface area contributed by atoms with Crippen molar-refractivity contribution in [2.24, 2.45) is 0 Å². The van der Waals surface area contributed by atoms with Gasteiger partial charge in [-0.25, -0.2) is 15.0 Å². The van der Waals surface area contributed by atoms with Crippen LogP contribution < -0.4 is 10.1 Å². The smallest absolute Gasteiger partial charge is 0.212 e. The molecule has 1 fully saturated rings. The maximum absolute atomic E-state index is 5.63. The summed E-state index contributed by atoms with van der Waals surface area (Å²) in [5.41, 5.74) is 1.04. The molecule has 3 aromatic heterocycles. The molecule has 0 bridgehead atoms. The fourth-order valence-electron chi connectivity index (χ4n) is 1.95. The van der Waals surface area contributed by atoms with Crippen molar-refractivity contribution in [3.63, 3.8) is 0 Å². The van der Waals surface area contributed by atoms with Gasteiger partial charge in [-0.05, 0) is 31.4 Å². The zero-order valence-electron chi connectivity index (χ0n) is 12.4. The summed E-state index contributed by atoms with van der Waals surface area (Å²) in [5.74, 6) is 2.43. The molecule has 1 saturated carbocycles. The van der Waals surface area contributed by atoms with Gasteiger partial charge in [-0.15, -0.1) is 0 Å². The Kier molecular flexibility index (Phi) is 3.58. The molecule has 0 saturated heterocycles. The van der Waals surface area contributed by atoms with Crippen LogP contribution in [0.15, 0.2) is 30.7 Å². The molecule has 1 aliphatic rings. The Morgan fingerprint density at radius 2 is 2.00 bits per heavy atom. The Labute approximate surface area is 137 Å². The maximum Gasteiger partial charge on any atom is 0.212 e. The molecule has 3 heterocycles. The lowest BCUT2D eigenvalue weighted by Crippen LogP contribution is -1.99. The van der Waals surface area contributed by atoms with Crippen molar-refractivity contribution in [2.45, 2.75) is 25.9 Å². The molecule has 0 unspecified atom stereocenters. The summed E-state index contributed by atoms with van der Waals surface area (Å²) < 4.78 is 9.92. The summed E-state index contributed by atoms with van der Waals surface area (Å²) in [6, 6.07) is 3.88. The number of aromatic nitrogens is 5. The Balaban J connectivity index is 1.49. The van der Waals surface area contributed by atoms with Crippen LogP contribution in [-0.4, -0.2) is 30.4 Å². The third-order valence-corrected chi connectivity index (χ3v) is 3.95. The minimum Gasteiger partial charge on any atom is -0.487 e. The van der Waals surface area contributed by atoms with Crippen LogP contribution in [0.5, 0.6) is 5.75 Å². The number of pyridine rings is 1. The van der Waals surface area contributed by atoms with E-state index in [2.05, 4.69) is 29.6 Å². The fraction of sp³-hybridized carbons (Fsp3) is 0.267. The van der Waals surface area contributed by atoms with Gasteiger partial charge >= 0.3 is 0 Å². The number of rotatable bonds is 5. The van der Waals surface area contributed by atoms with Crippen molar-refractivity contribution in [1.82, 2.24) is 24.3 Å². The summed E-state index contributed by atoms with van der Waals surface area (Å²) in [6.45, 7) is 1.99. The Hall–Kier alpha value is -2.61. The predicted molar refractivity (Wildman–Crippen MR) is 86.8 cm³/mol. The lowest BCUT2D eigenvalue weighted by Gasteiger charge is -2.03. The molecule has 7 nitrogen and oxygen atoms in total. The molecule has 0 aliphatic heterocycles. The van der Waals surface area contributed by atoms with Crippen molar-refractivity contribution in [2.75, 3.05) is 5.32 Å². The van der Waals surface area contributed by atoms with Crippen molar-refractivity contribution in [1.29, 1.82) is 0 Å². The molecule has 0 aromatic carbocycles. The normalized spacial score (nSPS) is 13.8. The zero-order valence-corrected chi connectivity index (χ0v) is 13.2. The number of anilines is 2. The van der Waals surface area contributed by atoms with Gasteiger partial charge in [0.15, 0.2) is 11.6 Å². The molecule has 0 amide bonds. The van der Waals surface area contributed by atoms with E-state index >= 15 is 0 Å². The van der Waals surface area contributed by atoms with Crippen molar-refractivity contribution in [3.05, 3.63) is 36.3 Å². The first-order chi connectivity index (χ1) is 11.3. The quantitative estimate of drug-likeness (QED) is 0.771. The van der Waals surface area contributed by atoms with Crippen LogP contribution in [0.4, 0.5) is 10.9 Å². The number of hydrogen-bond acceptors (Lipinski definition) is 8. The standard InChI is InChI=1S/C15H14N6OS/c1-9-3-2-6-16-12(9)19-15-20-14(21-23-15)13-17-7-11(8-18-13)22-10-4-5-10/h2-3,6-8,10H,4-5H2,1H3,(H,16,19,20,21). The van der Waals surface area contributed by atoms with Gasteiger partial charge in [-0.2, -0.15) is 9.36 Å². The lowest BCUT2D eigenvalue weighted by molar-refractivity contribution is 0.300. The van der Waals surface area contributed by atoms with E-state index in [1.54, 1.807) is 18.6 Å². The minimum atomic E-state index is 0.333. The van der Waals surface area contributed by atoms with Gasteiger partial charge in [-0.3, -0.25) is 0 Å². The van der Waals surface area contributed by atoms with E-state index in [4.69, 9.17) is 4.74 Å². The molecule has 0 radical (unpaired) electrons. The molecular formula is C15H14N6OS. The second kappa shape index (κ2) is 5.88. The van der Waals surface area contributed by atoms with Gasteiger partial charge in [0, 0.05) is 17.7 Å². The van der Waals surface area contributed by atoms with Crippen LogP contribution in [0.25, 0.3) is 11.6 Å². The molecular weight excluding hydrogens is 312 g/mol. The van der Waals surface area contributed by atoms with Crippen LogP contribution in [0.2, 0.25) is 0 Å². The lowest BCUT2D eigenvalue weighted by atomic mass is 10.3. The third kappa shape index (κ3) is 3.26. The van der Waals surface area contributed by atoms with Gasteiger partial charge in [0.2, 0.25) is 11.0 Å². The third-order valence-electron chi connectivity index (χ3n) is 3.32. The van der Waals surface area contributed by atoms with Crippen LogP contribution in [-0.2, 0) is 0 Å². The molecule has 116 valence electrons. The molecule has 23 heavy (non-hydrogen) atoms. The van der Waals surface area contributed by atoms with E-state index < -0.39 is 0 Å². The van der Waals surface area contributed by atoms with Crippen LogP contribution in [0.1, 0.15) is 18.4 Å². The van der Waals surface area contributed by atoms with Gasteiger partial charge in [0.25, 0.3) is 0 Å². The second-order valence-corrected chi connectivity index (χ2v) is 6.03. The first kappa shape index (κ1) is 14.0. The van der Waals surface area contributed by atoms with E-state index in [0.29, 0.717) is 28.6 Å². The Morgan fingerprint density at radius 3 is 2.74 bits per heavy atom. The monoisotopic (exact) mass is 326 g/mol. The number of nitrogens with one attached hydrogen (secondary N) is 1. The van der Waals surface area contributed by atoms with E-state index in [1.165, 1.54) is 11.5 Å². The second-order valence-electron chi connectivity index (χ2n) is 5.28. The van der Waals surface area contributed by atoms with Gasteiger partial charge in [-0.1, -0.05) is 6.07 Å². The molecule has 0 atom stereocenters. The fourth-order valence-corrected chi connectivity index (χ4v) is 2.52. The van der Waals surface area contributed by atoms with Crippen molar-refractivity contribution < 1.29 is 4.74 Å². The highest BCUT2D eigenvalue weighted by atomic mass is 32.1. The average molecular weight is 326 g/mol. The summed E-state index contributed by atoms with van der Waals surface area (Å²) in [6.07, 6.45) is 7.61. The highest BCUT2D eigenvalue weighted by Gasteiger charge is 2.23. The van der Waals surface area contributed by atoms with E-state index in [1.807, 2.05) is 19.1 Å². The summed E-state index contributed by atoms with van der Waals surface area (Å²) in [5, 5.41) is 3.82. The number of hydrogen-bond donors (Lipinski definition) is 1. The maximum atomic E-state index is 5.63. The molecule has 1 N–H and O–H groups in total. The molecule has 8 heteroatoms. The summed E-state index contributed by atoms with van der Waals surface area (Å²) in [4.78, 5) is 17.2. The van der Waals surface area contributed by atoms with Gasteiger partial charge in [0.05, 0.1) is 18.5 Å². The summed E-state index contributed by atoms with van der Waals surface area (Å²) in [7, 11) is 0. The molecule has 3 aromatic rings. The zero-order chi connectivity index (χ0) is 15.6. The van der Waals surface area contributed by atoms with E-state index in [0.717, 1.165) is 24.2 Å². The molecule has 0 spiro atoms. The van der Waals surface area contributed by atoms with Crippen LogP contribution >= 0.6 is 11.5 Å². The van der Waals surface area contributed by atoms with Gasteiger partial charge < -0.3 is 10.1 Å². The van der Waals surface area contributed by atoms with E-state index in [9.17, 15) is 0 Å². The van der Waals surface area contributed by atoms with Crippen molar-refractivity contribution in [3.8, 4) is 17.4 Å². The highest BCUT2D eigenvalue weighted by molar-refractivity contribution is 7.09. The first-order valence-electron chi connectivity index (χ1n) is 7.29. The van der Waals surface area contributed by atoms with Crippen LogP contribution in [0, 0.1) is 6.92 Å². The van der Waals surface area contributed by atoms with E-state index in [-0.39, 0.29) is 0 Å². The topological polar surface area (TPSA) is 85.7 Å². The summed E-state index contributed by atoms with van der Waals surface area (Å²) >= 11 is 1.25. The average Bonchev–Trinajstić information content (AvgIpc) is 3.26. The largest absolute Gasteiger partial charge is 0.487 e. The SMILES string of the molecule is Cc1cccnc1Nc1nc(-c2ncc(OC3CC3)cn2)ns1.